The Kier molecular flexibility index (Phi) is 8.04. The van der Waals surface area contributed by atoms with E-state index in [1.807, 2.05) is 6.92 Å². The quantitative estimate of drug-likeness (QED) is 0.0991. The molecule has 1 heterocycles. The molecular weight excluding hydrogens is 704 g/mol. The van der Waals surface area contributed by atoms with E-state index in [9.17, 15) is 24.0 Å². The zero-order valence-corrected chi connectivity index (χ0v) is 26.7. The molecule has 43 heavy (non-hydrogen) atoms. The Morgan fingerprint density at radius 1 is 0.860 bits per heavy atom. The number of rotatable bonds is 7. The number of halogens is 3. The molecular formula is C32H25Br2ClN2O6. The number of imide groups is 1. The summed E-state index contributed by atoms with van der Waals surface area (Å²) >= 11 is 13.7. The number of aryl methyl sites for hydroxylation is 1. The number of Topliss-reactive ketones (excluding diaryl/α,β-unsaturated/α-hetero) is 1. The minimum absolute atomic E-state index is 0.0171. The predicted octanol–water partition coefficient (Wildman–Crippen LogP) is 5.89. The van der Waals surface area contributed by atoms with Crippen LogP contribution in [-0.4, -0.2) is 55.7 Å². The van der Waals surface area contributed by atoms with Gasteiger partial charge in [0.25, 0.3) is 17.7 Å². The molecule has 0 radical (unpaired) electrons. The van der Waals surface area contributed by atoms with E-state index in [0.29, 0.717) is 5.56 Å². The van der Waals surface area contributed by atoms with Crippen LogP contribution < -0.4 is 4.74 Å². The molecule has 0 spiro atoms. The summed E-state index contributed by atoms with van der Waals surface area (Å²) in [6, 6.07) is 19.1. The van der Waals surface area contributed by atoms with Crippen LogP contribution in [0.5, 0.6) is 5.75 Å². The van der Waals surface area contributed by atoms with Crippen molar-refractivity contribution >= 4 is 72.9 Å². The third-order valence-corrected chi connectivity index (χ3v) is 12.0. The van der Waals surface area contributed by atoms with Gasteiger partial charge >= 0.3 is 5.97 Å². The second-order valence-electron chi connectivity index (χ2n) is 11.0. The maximum absolute atomic E-state index is 13.8. The smallest absolute Gasteiger partial charge is 0.343 e. The van der Waals surface area contributed by atoms with Crippen LogP contribution in [0.1, 0.15) is 43.1 Å². The number of carbonyl (C=O) groups excluding carboxylic acids is 5. The maximum atomic E-state index is 13.8. The summed E-state index contributed by atoms with van der Waals surface area (Å²) in [5.74, 6) is -3.82. The molecule has 1 saturated heterocycles. The van der Waals surface area contributed by atoms with Crippen molar-refractivity contribution in [2.24, 2.45) is 23.7 Å². The number of hydrazine groups is 1. The summed E-state index contributed by atoms with van der Waals surface area (Å²) in [6.45, 7) is 1.34. The number of amides is 3. The minimum Gasteiger partial charge on any atom is -0.423 e. The van der Waals surface area contributed by atoms with Gasteiger partial charge in [0.05, 0.1) is 28.0 Å². The molecule has 11 heteroatoms. The fourth-order valence-electron chi connectivity index (χ4n) is 6.37. The van der Waals surface area contributed by atoms with Crippen molar-refractivity contribution in [3.05, 3.63) is 100 Å². The number of ether oxygens (including phenoxy) is 1. The highest BCUT2D eigenvalue weighted by atomic mass is 79.9. The molecule has 2 aliphatic carbocycles. The molecule has 2 bridgehead atoms. The molecule has 3 aromatic rings. The lowest BCUT2D eigenvalue weighted by atomic mass is 9.81. The average molecular weight is 729 g/mol. The van der Waals surface area contributed by atoms with E-state index in [0.717, 1.165) is 22.0 Å². The van der Waals surface area contributed by atoms with E-state index >= 15 is 0 Å². The normalized spacial score (nSPS) is 25.5. The minimum atomic E-state index is -0.734. The molecule has 6 atom stereocenters. The Morgan fingerprint density at radius 3 is 2.00 bits per heavy atom. The highest BCUT2D eigenvalue weighted by Gasteiger charge is 2.67. The summed E-state index contributed by atoms with van der Waals surface area (Å²) < 4.78 is 5.43. The fraction of sp³-hybridized carbons (Fsp3) is 0.281. The monoisotopic (exact) mass is 726 g/mol. The number of benzene rings is 3. The molecule has 0 unspecified atom stereocenters. The summed E-state index contributed by atoms with van der Waals surface area (Å²) in [4.78, 5) is 67.5. The van der Waals surface area contributed by atoms with E-state index in [4.69, 9.17) is 16.3 Å². The van der Waals surface area contributed by atoms with Crippen molar-refractivity contribution in [1.29, 1.82) is 0 Å². The number of nitrogens with zero attached hydrogens (tertiary/aromatic N) is 2. The number of hydrogen-bond donors (Lipinski definition) is 0. The molecule has 3 amide bonds. The van der Waals surface area contributed by atoms with Gasteiger partial charge in [-0.3, -0.25) is 19.2 Å². The first kappa shape index (κ1) is 29.7. The van der Waals surface area contributed by atoms with Gasteiger partial charge in [0, 0.05) is 15.2 Å². The highest BCUT2D eigenvalue weighted by molar-refractivity contribution is 9.12. The topological polar surface area (TPSA) is 101 Å². The lowest BCUT2D eigenvalue weighted by Crippen LogP contribution is -2.52. The van der Waals surface area contributed by atoms with Crippen LogP contribution in [0.3, 0.4) is 0 Å². The van der Waals surface area contributed by atoms with Gasteiger partial charge in [-0.1, -0.05) is 73.3 Å². The van der Waals surface area contributed by atoms with Crippen LogP contribution in [0.2, 0.25) is 5.02 Å². The van der Waals surface area contributed by atoms with Crippen molar-refractivity contribution < 1.29 is 28.7 Å². The van der Waals surface area contributed by atoms with Gasteiger partial charge in [-0.25, -0.2) is 9.80 Å². The average Bonchev–Trinajstić information content (AvgIpc) is 3.61. The van der Waals surface area contributed by atoms with Crippen LogP contribution in [0.4, 0.5) is 0 Å². The van der Waals surface area contributed by atoms with Gasteiger partial charge in [-0.15, -0.1) is 0 Å². The number of fused-ring (bicyclic) bond motifs is 5. The van der Waals surface area contributed by atoms with Crippen LogP contribution in [0, 0.1) is 30.6 Å². The van der Waals surface area contributed by atoms with Crippen molar-refractivity contribution in [3.63, 3.8) is 0 Å². The Hall–Kier alpha value is -3.34. The summed E-state index contributed by atoms with van der Waals surface area (Å²) in [5.41, 5.74) is 1.66. The lowest BCUT2D eigenvalue weighted by molar-refractivity contribution is -0.154. The van der Waals surface area contributed by atoms with E-state index in [1.54, 1.807) is 36.4 Å². The van der Waals surface area contributed by atoms with Gasteiger partial charge in [0.1, 0.15) is 12.3 Å². The van der Waals surface area contributed by atoms with Crippen molar-refractivity contribution in [2.75, 3.05) is 6.54 Å². The highest BCUT2D eigenvalue weighted by Crippen LogP contribution is 2.60. The second kappa shape index (κ2) is 11.6. The Morgan fingerprint density at radius 2 is 1.42 bits per heavy atom. The largest absolute Gasteiger partial charge is 0.423 e. The Bertz CT molecular complexity index is 1610. The van der Waals surface area contributed by atoms with Crippen molar-refractivity contribution in [1.82, 2.24) is 10.0 Å². The molecule has 0 aromatic heterocycles. The molecule has 2 saturated carbocycles. The molecule has 1 aliphatic heterocycles. The van der Waals surface area contributed by atoms with Crippen molar-refractivity contribution in [2.45, 2.75) is 23.0 Å². The first-order valence-corrected chi connectivity index (χ1v) is 15.9. The summed E-state index contributed by atoms with van der Waals surface area (Å²) in [7, 11) is 0. The molecule has 6 rings (SSSR count). The zero-order valence-electron chi connectivity index (χ0n) is 22.8. The third kappa shape index (κ3) is 5.23. The van der Waals surface area contributed by atoms with E-state index in [2.05, 4.69) is 31.9 Å². The van der Waals surface area contributed by atoms with Crippen molar-refractivity contribution in [3.8, 4) is 5.75 Å². The maximum Gasteiger partial charge on any atom is 0.343 e. The number of ketones is 1. The van der Waals surface area contributed by atoms with E-state index in [-0.39, 0.29) is 43.4 Å². The van der Waals surface area contributed by atoms with Gasteiger partial charge in [0.15, 0.2) is 5.78 Å². The zero-order chi connectivity index (χ0) is 30.6. The number of hydrogen-bond acceptors (Lipinski definition) is 6. The summed E-state index contributed by atoms with van der Waals surface area (Å²) in [5, 5.41) is 1.91. The second-order valence-corrected chi connectivity index (χ2v) is 13.6. The van der Waals surface area contributed by atoms with Gasteiger partial charge in [-0.2, -0.15) is 5.01 Å². The van der Waals surface area contributed by atoms with Crippen LogP contribution in [0.15, 0.2) is 72.8 Å². The number of esters is 1. The molecule has 3 aliphatic rings. The van der Waals surface area contributed by atoms with Crippen LogP contribution >= 0.6 is 43.5 Å². The standard InChI is InChI=1S/C32H25Br2ClN2O6/c1-16-6-8-18(9-7-16)32(42)43-19-12-10-17(11-13-19)24(38)15-36(29(39)20-4-2-3-5-23(20)35)37-30(40)25-21-14-22(26(25)31(37)41)28(34)27(21)33/h2-13,21-22,25-28H,14-15H2,1H3/t21-,22-,25-,26+,27-,28+/m1/s1. The van der Waals surface area contributed by atoms with Gasteiger partial charge in [-0.05, 0) is 73.7 Å². The number of alkyl halides is 2. The first-order chi connectivity index (χ1) is 20.6. The third-order valence-electron chi connectivity index (χ3n) is 8.51. The molecule has 0 N–H and O–H groups in total. The lowest BCUT2D eigenvalue weighted by Gasteiger charge is -2.31. The summed E-state index contributed by atoms with van der Waals surface area (Å²) in [6.07, 6.45) is 0.727. The fourth-order valence-corrected chi connectivity index (χ4v) is 8.46. The SMILES string of the molecule is Cc1ccc(C(=O)Oc2ccc(C(=O)CN(C(=O)c3ccccc3Cl)N3C(=O)[C@@H]4[C@H]5C[C@@H]([C@H](Br)[C@@H]5Br)[C@@H]4C3=O)cc2)cc1. The van der Waals surface area contributed by atoms with E-state index < -0.39 is 47.9 Å². The molecule has 220 valence electrons. The van der Waals surface area contributed by atoms with Crippen LogP contribution in [0.25, 0.3) is 0 Å². The molecule has 8 nitrogen and oxygen atoms in total. The van der Waals surface area contributed by atoms with Gasteiger partial charge < -0.3 is 4.74 Å². The Balaban J connectivity index is 1.25. The van der Waals surface area contributed by atoms with Gasteiger partial charge in [0.2, 0.25) is 0 Å². The number of carbonyl (C=O) groups is 5. The Labute approximate surface area is 269 Å². The van der Waals surface area contributed by atoms with E-state index in [1.165, 1.54) is 36.4 Å². The molecule has 3 aromatic carbocycles. The molecule has 3 fully saturated rings. The first-order valence-electron chi connectivity index (χ1n) is 13.7. The predicted molar refractivity (Wildman–Crippen MR) is 165 cm³/mol. The van der Waals surface area contributed by atoms with Crippen LogP contribution in [-0.2, 0) is 9.59 Å².